The highest BCUT2D eigenvalue weighted by molar-refractivity contribution is 7.89. The van der Waals surface area contributed by atoms with Gasteiger partial charge in [-0.2, -0.15) is 10.1 Å². The number of fused-ring (bicyclic) bond motifs is 2. The largest absolute Gasteiger partial charge is 0.383 e. The topological polar surface area (TPSA) is 132 Å². The lowest BCUT2D eigenvalue weighted by molar-refractivity contribution is 0.595. The molecular weight excluding hydrogens is 421 g/mol. The van der Waals surface area contributed by atoms with Crippen molar-refractivity contribution in [3.8, 4) is 11.3 Å². The maximum atomic E-state index is 13.7. The highest BCUT2D eigenvalue weighted by Gasteiger charge is 2.15. The van der Waals surface area contributed by atoms with Gasteiger partial charge in [0.25, 0.3) is 0 Å². The summed E-state index contributed by atoms with van der Waals surface area (Å²) < 4.78 is 38.8. The van der Waals surface area contributed by atoms with Crippen molar-refractivity contribution in [3.63, 3.8) is 0 Å². The summed E-state index contributed by atoms with van der Waals surface area (Å²) in [5.74, 6) is 0.00185. The van der Waals surface area contributed by atoms with Crippen molar-refractivity contribution in [2.24, 2.45) is 0 Å². The molecule has 0 radical (unpaired) electrons. The number of aromatic amines is 1. The number of hydrogen-bond acceptors (Lipinski definition) is 7. The Balaban J connectivity index is 1.50. The van der Waals surface area contributed by atoms with Gasteiger partial charge in [-0.1, -0.05) is 6.07 Å². The van der Waals surface area contributed by atoms with Gasteiger partial charge in [-0.05, 0) is 36.4 Å². The summed E-state index contributed by atoms with van der Waals surface area (Å²) >= 11 is 0. The zero-order chi connectivity index (χ0) is 21.8. The van der Waals surface area contributed by atoms with Crippen LogP contribution in [0.5, 0.6) is 0 Å². The number of nitrogens with two attached hydrogens (primary N) is 1. The molecule has 5 aromatic rings. The Kier molecular flexibility index (Phi) is 4.15. The molecule has 0 fully saturated rings. The fraction of sp³-hybridized carbons (Fsp3) is 0.0500. The van der Waals surface area contributed by atoms with Crippen LogP contribution in [-0.4, -0.2) is 38.8 Å². The van der Waals surface area contributed by atoms with Crippen LogP contribution in [0.4, 0.5) is 21.8 Å². The minimum absolute atomic E-state index is 0.163. The van der Waals surface area contributed by atoms with E-state index in [0.717, 1.165) is 11.6 Å². The summed E-state index contributed by atoms with van der Waals surface area (Å²) in [5, 5.41) is 11.4. The molecule has 31 heavy (non-hydrogen) atoms. The number of benzene rings is 2. The molecule has 11 heteroatoms. The molecule has 0 unspecified atom stereocenters. The zero-order valence-corrected chi connectivity index (χ0v) is 17.0. The van der Waals surface area contributed by atoms with E-state index in [9.17, 15) is 12.8 Å². The Morgan fingerprint density at radius 2 is 2.00 bits per heavy atom. The molecule has 0 saturated carbocycles. The molecule has 5 rings (SSSR count). The van der Waals surface area contributed by atoms with E-state index in [1.165, 1.54) is 28.5 Å². The first-order valence-corrected chi connectivity index (χ1v) is 11.0. The van der Waals surface area contributed by atoms with Gasteiger partial charge in [0, 0.05) is 28.9 Å². The van der Waals surface area contributed by atoms with E-state index in [-0.39, 0.29) is 17.6 Å². The lowest BCUT2D eigenvalue weighted by Crippen LogP contribution is -2.08. The number of hydrogen-bond donors (Lipinski definition) is 3. The van der Waals surface area contributed by atoms with Gasteiger partial charge in [-0.3, -0.25) is 5.10 Å². The van der Waals surface area contributed by atoms with E-state index in [1.54, 1.807) is 30.3 Å². The molecule has 3 aromatic heterocycles. The van der Waals surface area contributed by atoms with Crippen molar-refractivity contribution in [3.05, 3.63) is 60.7 Å². The van der Waals surface area contributed by atoms with Crippen LogP contribution in [0.3, 0.4) is 0 Å². The molecule has 2 aromatic carbocycles. The fourth-order valence-corrected chi connectivity index (χ4v) is 4.23. The van der Waals surface area contributed by atoms with Crippen LogP contribution in [0.25, 0.3) is 33.1 Å². The smallest absolute Gasteiger partial charge is 0.236 e. The summed E-state index contributed by atoms with van der Waals surface area (Å²) in [6.07, 6.45) is 4.15. The number of nitrogen functional groups attached to an aromatic ring is 1. The maximum Gasteiger partial charge on any atom is 0.236 e. The van der Waals surface area contributed by atoms with Crippen molar-refractivity contribution in [1.29, 1.82) is 0 Å². The van der Waals surface area contributed by atoms with Crippen LogP contribution in [0.15, 0.2) is 54.9 Å². The third kappa shape index (κ3) is 3.34. The first kappa shape index (κ1) is 19.0. The van der Waals surface area contributed by atoms with E-state index in [4.69, 9.17) is 5.73 Å². The Bertz CT molecular complexity index is 1570. The van der Waals surface area contributed by atoms with E-state index in [2.05, 4.69) is 25.5 Å². The number of anilines is 3. The summed E-state index contributed by atoms with van der Waals surface area (Å²) in [6.45, 7) is 0. The lowest BCUT2D eigenvalue weighted by Gasteiger charge is -2.09. The molecule has 0 aliphatic carbocycles. The molecule has 0 bridgehead atoms. The van der Waals surface area contributed by atoms with Crippen LogP contribution in [-0.2, 0) is 10.0 Å². The molecule has 0 aliphatic rings. The second-order valence-electron chi connectivity index (χ2n) is 7.03. The highest BCUT2D eigenvalue weighted by Crippen LogP contribution is 2.30. The molecule has 0 spiro atoms. The Morgan fingerprint density at radius 1 is 1.16 bits per heavy atom. The molecule has 0 atom stereocenters. The van der Waals surface area contributed by atoms with Gasteiger partial charge in [0.05, 0.1) is 22.9 Å². The molecule has 0 aliphatic heterocycles. The summed E-state index contributed by atoms with van der Waals surface area (Å²) in [4.78, 5) is 8.56. The molecule has 3 heterocycles. The average molecular weight is 437 g/mol. The first-order valence-electron chi connectivity index (χ1n) is 9.15. The Labute approximate surface area is 175 Å². The third-order valence-electron chi connectivity index (χ3n) is 4.87. The van der Waals surface area contributed by atoms with E-state index < -0.39 is 10.0 Å². The molecular formula is C20H16FN7O2S. The minimum Gasteiger partial charge on any atom is -0.383 e. The van der Waals surface area contributed by atoms with Gasteiger partial charge < -0.3 is 11.1 Å². The van der Waals surface area contributed by atoms with Crippen LogP contribution < -0.4 is 11.1 Å². The first-order chi connectivity index (χ1) is 14.8. The zero-order valence-electron chi connectivity index (χ0n) is 16.2. The maximum absolute atomic E-state index is 13.7. The Morgan fingerprint density at radius 3 is 2.77 bits per heavy atom. The highest BCUT2D eigenvalue weighted by atomic mass is 32.2. The lowest BCUT2D eigenvalue weighted by atomic mass is 10.1. The predicted molar refractivity (Wildman–Crippen MR) is 117 cm³/mol. The van der Waals surface area contributed by atoms with Gasteiger partial charge in [0.15, 0.2) is 0 Å². The molecule has 4 N–H and O–H groups in total. The van der Waals surface area contributed by atoms with Gasteiger partial charge >= 0.3 is 0 Å². The number of H-pyrrole nitrogens is 1. The predicted octanol–water partition coefficient (Wildman–Crippen LogP) is 3.25. The monoisotopic (exact) mass is 437 g/mol. The minimum atomic E-state index is -3.43. The second-order valence-corrected chi connectivity index (χ2v) is 8.89. The van der Waals surface area contributed by atoms with Gasteiger partial charge in [0.1, 0.15) is 17.3 Å². The summed E-state index contributed by atoms with van der Waals surface area (Å²) in [7, 11) is -3.43. The van der Waals surface area contributed by atoms with Crippen LogP contribution >= 0.6 is 0 Å². The van der Waals surface area contributed by atoms with Crippen LogP contribution in [0.2, 0.25) is 0 Å². The van der Waals surface area contributed by atoms with Crippen molar-refractivity contribution >= 4 is 49.3 Å². The van der Waals surface area contributed by atoms with Crippen LogP contribution in [0, 0.1) is 5.82 Å². The molecule has 9 nitrogen and oxygen atoms in total. The quantitative estimate of drug-likeness (QED) is 0.393. The van der Waals surface area contributed by atoms with E-state index >= 15 is 0 Å². The van der Waals surface area contributed by atoms with E-state index in [0.29, 0.717) is 33.4 Å². The number of rotatable bonds is 4. The SMILES string of the molecule is CS(=O)(=O)n1ccc2ccc(Nc3ncc(-c4n[nH]c5ccc(F)cc45)c(N)n3)cc21. The van der Waals surface area contributed by atoms with Crippen molar-refractivity contribution in [1.82, 2.24) is 24.1 Å². The number of nitrogens with zero attached hydrogens (tertiary/aromatic N) is 4. The number of aromatic nitrogens is 5. The number of nitrogens with one attached hydrogen (secondary N) is 2. The fourth-order valence-electron chi connectivity index (χ4n) is 3.43. The van der Waals surface area contributed by atoms with Crippen LogP contribution in [0.1, 0.15) is 0 Å². The standard InChI is InChI=1S/C20H16FN7O2S/c1-31(29,30)28-7-6-11-2-4-13(9-17(11)28)24-20-23-10-15(19(22)25-20)18-14-8-12(21)3-5-16(14)26-27-18/h2-10H,1H3,(H,26,27)(H3,22,23,24,25). The Hall–Kier alpha value is -3.99. The summed E-state index contributed by atoms with van der Waals surface area (Å²) in [5.41, 5.74) is 8.83. The molecule has 0 saturated heterocycles. The molecule has 0 amide bonds. The second kappa shape index (κ2) is 6.77. The average Bonchev–Trinajstić information content (AvgIpc) is 3.31. The molecule has 156 valence electrons. The van der Waals surface area contributed by atoms with Gasteiger partial charge in [0.2, 0.25) is 16.0 Å². The van der Waals surface area contributed by atoms with Crippen molar-refractivity contribution in [2.45, 2.75) is 0 Å². The van der Waals surface area contributed by atoms with Gasteiger partial charge in [-0.15, -0.1) is 0 Å². The third-order valence-corrected chi connectivity index (χ3v) is 5.90. The summed E-state index contributed by atoms with van der Waals surface area (Å²) in [6, 6.07) is 11.3. The number of halogens is 1. The van der Waals surface area contributed by atoms with E-state index in [1.807, 2.05) is 0 Å². The van der Waals surface area contributed by atoms with Crippen molar-refractivity contribution in [2.75, 3.05) is 17.3 Å². The normalized spacial score (nSPS) is 11.9. The van der Waals surface area contributed by atoms with Gasteiger partial charge in [-0.25, -0.2) is 21.8 Å². The van der Waals surface area contributed by atoms with Crippen molar-refractivity contribution < 1.29 is 12.8 Å².